The maximum atomic E-state index is 4.72. The molecule has 2 heterocycles. The molecule has 0 saturated carbocycles. The van der Waals surface area contributed by atoms with Crippen molar-refractivity contribution in [3.63, 3.8) is 0 Å². The predicted molar refractivity (Wildman–Crippen MR) is 101 cm³/mol. The van der Waals surface area contributed by atoms with Crippen LogP contribution >= 0.6 is 0 Å². The maximum absolute atomic E-state index is 4.72. The Balaban J connectivity index is 1.80. The molecule has 0 aromatic carbocycles. The Morgan fingerprint density at radius 3 is 2.83 bits per heavy atom. The highest BCUT2D eigenvalue weighted by molar-refractivity contribution is 5.80. The average molecular weight is 329 g/mol. The van der Waals surface area contributed by atoms with Gasteiger partial charge in [0.15, 0.2) is 5.96 Å². The summed E-state index contributed by atoms with van der Waals surface area (Å²) in [6.07, 6.45) is 7.15. The van der Waals surface area contributed by atoms with E-state index in [9.17, 15) is 0 Å². The van der Waals surface area contributed by atoms with E-state index in [4.69, 9.17) is 4.99 Å². The summed E-state index contributed by atoms with van der Waals surface area (Å²) in [4.78, 5) is 11.5. The molecule has 2 N–H and O–H groups in total. The first-order valence-electron chi connectivity index (χ1n) is 9.01. The lowest BCUT2D eigenvalue weighted by Crippen LogP contribution is -2.48. The molecule has 0 radical (unpaired) electrons. The number of hydrogen-bond acceptors (Lipinski definition) is 3. The summed E-state index contributed by atoms with van der Waals surface area (Å²) < 4.78 is 0. The standard InChI is InChI=1S/C19H31N5/c1-4-12-24-13-9-18(10-14-24)23-19(20-5-2)21-11-8-17-7-6-16(3)22-15-17/h4,6-7,15,18H,1,5,8-14H2,2-3H3,(H2,20,21,23). The van der Waals surface area contributed by atoms with Crippen molar-refractivity contribution in [1.29, 1.82) is 0 Å². The Morgan fingerprint density at radius 1 is 1.42 bits per heavy atom. The lowest BCUT2D eigenvalue weighted by Gasteiger charge is -2.32. The molecule has 1 aromatic rings. The van der Waals surface area contributed by atoms with Crippen LogP contribution < -0.4 is 10.6 Å². The number of aryl methyl sites for hydroxylation is 1. The predicted octanol–water partition coefficient (Wildman–Crippen LogP) is 2.14. The third kappa shape index (κ3) is 6.32. The number of pyridine rings is 1. The molecule has 1 saturated heterocycles. The van der Waals surface area contributed by atoms with Crippen LogP contribution in [0.5, 0.6) is 0 Å². The van der Waals surface area contributed by atoms with Crippen molar-refractivity contribution in [2.24, 2.45) is 4.99 Å². The number of rotatable bonds is 7. The zero-order chi connectivity index (χ0) is 17.2. The van der Waals surface area contributed by atoms with E-state index in [-0.39, 0.29) is 0 Å². The second-order valence-electron chi connectivity index (χ2n) is 6.33. The average Bonchev–Trinajstić information content (AvgIpc) is 2.59. The number of hydrogen-bond donors (Lipinski definition) is 2. The molecule has 1 aliphatic rings. The number of aliphatic imine (C=N–C) groups is 1. The lowest BCUT2D eigenvalue weighted by atomic mass is 10.1. The molecule has 5 nitrogen and oxygen atoms in total. The van der Waals surface area contributed by atoms with Crippen LogP contribution in [0.1, 0.15) is 31.0 Å². The molecular weight excluding hydrogens is 298 g/mol. The summed E-state index contributed by atoms with van der Waals surface area (Å²) in [5.74, 6) is 0.930. The van der Waals surface area contributed by atoms with Crippen molar-refractivity contribution in [2.45, 2.75) is 39.2 Å². The van der Waals surface area contributed by atoms with Crippen molar-refractivity contribution in [3.8, 4) is 0 Å². The molecule has 0 unspecified atom stereocenters. The molecule has 1 fully saturated rings. The Bertz CT molecular complexity index is 515. The highest BCUT2D eigenvalue weighted by Crippen LogP contribution is 2.10. The fraction of sp³-hybridized carbons (Fsp3) is 0.579. The molecule has 1 aliphatic heterocycles. The fourth-order valence-corrected chi connectivity index (χ4v) is 2.90. The summed E-state index contributed by atoms with van der Waals surface area (Å²) in [5, 5.41) is 6.94. The summed E-state index contributed by atoms with van der Waals surface area (Å²) in [5.41, 5.74) is 2.29. The van der Waals surface area contributed by atoms with Gasteiger partial charge in [-0.3, -0.25) is 14.9 Å². The van der Waals surface area contributed by atoms with Gasteiger partial charge in [0.1, 0.15) is 0 Å². The molecule has 5 heteroatoms. The van der Waals surface area contributed by atoms with Crippen LogP contribution in [0.15, 0.2) is 36.0 Å². The second kappa shape index (κ2) is 10.1. The van der Waals surface area contributed by atoms with Crippen molar-refractivity contribution in [2.75, 3.05) is 32.7 Å². The smallest absolute Gasteiger partial charge is 0.191 e. The van der Waals surface area contributed by atoms with Crippen molar-refractivity contribution in [1.82, 2.24) is 20.5 Å². The second-order valence-corrected chi connectivity index (χ2v) is 6.33. The molecule has 0 spiro atoms. The van der Waals surface area contributed by atoms with Crippen LogP contribution in [0, 0.1) is 6.92 Å². The van der Waals surface area contributed by atoms with Crippen molar-refractivity contribution < 1.29 is 0 Å². The van der Waals surface area contributed by atoms with Crippen LogP contribution in [0.25, 0.3) is 0 Å². The van der Waals surface area contributed by atoms with E-state index in [1.807, 2.05) is 19.2 Å². The first kappa shape index (κ1) is 18.5. The van der Waals surface area contributed by atoms with Crippen LogP contribution in [0.4, 0.5) is 0 Å². The Kier molecular flexibility index (Phi) is 7.75. The third-order valence-electron chi connectivity index (χ3n) is 4.30. The van der Waals surface area contributed by atoms with E-state index in [0.717, 1.165) is 63.6 Å². The number of nitrogens with zero attached hydrogens (tertiary/aromatic N) is 3. The minimum atomic E-state index is 0.505. The van der Waals surface area contributed by atoms with Gasteiger partial charge >= 0.3 is 0 Å². The van der Waals surface area contributed by atoms with Gasteiger partial charge in [0, 0.05) is 50.7 Å². The van der Waals surface area contributed by atoms with Gasteiger partial charge in [0.25, 0.3) is 0 Å². The van der Waals surface area contributed by atoms with Crippen molar-refractivity contribution in [3.05, 3.63) is 42.2 Å². The summed E-state index contributed by atoms with van der Waals surface area (Å²) in [6, 6.07) is 4.69. The lowest BCUT2D eigenvalue weighted by molar-refractivity contribution is 0.225. The Morgan fingerprint density at radius 2 is 2.21 bits per heavy atom. The van der Waals surface area contributed by atoms with E-state index in [2.05, 4.69) is 46.2 Å². The van der Waals surface area contributed by atoms with E-state index < -0.39 is 0 Å². The fourth-order valence-electron chi connectivity index (χ4n) is 2.90. The quantitative estimate of drug-likeness (QED) is 0.457. The van der Waals surface area contributed by atoms with E-state index >= 15 is 0 Å². The van der Waals surface area contributed by atoms with Crippen LogP contribution in [0.3, 0.4) is 0 Å². The molecule has 24 heavy (non-hydrogen) atoms. The monoisotopic (exact) mass is 329 g/mol. The molecule has 0 atom stereocenters. The van der Waals surface area contributed by atoms with E-state index in [1.165, 1.54) is 5.56 Å². The van der Waals surface area contributed by atoms with Gasteiger partial charge in [-0.25, -0.2) is 0 Å². The molecule has 132 valence electrons. The van der Waals surface area contributed by atoms with E-state index in [0.29, 0.717) is 6.04 Å². The summed E-state index contributed by atoms with van der Waals surface area (Å²) in [6.45, 7) is 12.8. The van der Waals surface area contributed by atoms with Gasteiger partial charge in [-0.15, -0.1) is 6.58 Å². The molecule has 0 bridgehead atoms. The first-order chi connectivity index (χ1) is 11.7. The number of piperidine rings is 1. The highest BCUT2D eigenvalue weighted by Gasteiger charge is 2.18. The van der Waals surface area contributed by atoms with Crippen LogP contribution in [0.2, 0.25) is 0 Å². The van der Waals surface area contributed by atoms with E-state index in [1.54, 1.807) is 0 Å². The molecule has 0 aliphatic carbocycles. The van der Waals surface area contributed by atoms with Crippen LogP contribution in [-0.2, 0) is 6.42 Å². The molecule has 2 rings (SSSR count). The largest absolute Gasteiger partial charge is 0.357 e. The minimum absolute atomic E-state index is 0.505. The number of likely N-dealkylation sites (tertiary alicyclic amines) is 1. The SMILES string of the molecule is C=CCN1CCC(NC(=NCCc2ccc(C)nc2)NCC)CC1. The van der Waals surface area contributed by atoms with Gasteiger partial charge in [-0.1, -0.05) is 12.1 Å². The topological polar surface area (TPSA) is 52.5 Å². The van der Waals surface area contributed by atoms with Gasteiger partial charge < -0.3 is 10.6 Å². The first-order valence-corrected chi connectivity index (χ1v) is 9.01. The number of guanidine groups is 1. The Hall–Kier alpha value is -1.88. The molecule has 0 amide bonds. The molecular formula is C19H31N5. The zero-order valence-electron chi connectivity index (χ0n) is 15.1. The zero-order valence-corrected chi connectivity index (χ0v) is 15.1. The minimum Gasteiger partial charge on any atom is -0.357 e. The van der Waals surface area contributed by atoms with Gasteiger partial charge in [-0.2, -0.15) is 0 Å². The van der Waals surface area contributed by atoms with Crippen LogP contribution in [-0.4, -0.2) is 54.6 Å². The highest BCUT2D eigenvalue weighted by atomic mass is 15.2. The van der Waals surface area contributed by atoms with Gasteiger partial charge in [0.05, 0.1) is 0 Å². The van der Waals surface area contributed by atoms with Gasteiger partial charge in [0.2, 0.25) is 0 Å². The summed E-state index contributed by atoms with van der Waals surface area (Å²) >= 11 is 0. The number of aromatic nitrogens is 1. The third-order valence-corrected chi connectivity index (χ3v) is 4.30. The molecule has 1 aromatic heterocycles. The maximum Gasteiger partial charge on any atom is 0.191 e. The summed E-state index contributed by atoms with van der Waals surface area (Å²) in [7, 11) is 0. The van der Waals surface area contributed by atoms with Gasteiger partial charge in [-0.05, 0) is 44.7 Å². The number of nitrogens with one attached hydrogen (secondary N) is 2. The van der Waals surface area contributed by atoms with Crippen molar-refractivity contribution >= 4 is 5.96 Å². The Labute approximate surface area is 146 Å². The normalized spacial score (nSPS) is 16.8.